The number of hydrogen-bond donors (Lipinski definition) is 2. The summed E-state index contributed by atoms with van der Waals surface area (Å²) in [6.45, 7) is 5.11. The first-order valence-electron chi connectivity index (χ1n) is 10.1. The van der Waals surface area contributed by atoms with Crippen molar-refractivity contribution in [2.24, 2.45) is 5.92 Å². The lowest BCUT2D eigenvalue weighted by molar-refractivity contribution is -0.121. The summed E-state index contributed by atoms with van der Waals surface area (Å²) in [5.74, 6) is 1.78. The zero-order chi connectivity index (χ0) is 18.2. The van der Waals surface area contributed by atoms with Gasteiger partial charge in [-0.2, -0.15) is 0 Å². The van der Waals surface area contributed by atoms with Crippen molar-refractivity contribution in [3.05, 3.63) is 29.8 Å². The summed E-state index contributed by atoms with van der Waals surface area (Å²) in [5.41, 5.74) is 1.26. The Bertz CT molecular complexity index is 559. The van der Waals surface area contributed by atoms with E-state index >= 15 is 0 Å². The summed E-state index contributed by atoms with van der Waals surface area (Å²) in [6.07, 6.45) is 6.57. The first kappa shape index (κ1) is 25.0. The van der Waals surface area contributed by atoms with Gasteiger partial charge in [-0.25, -0.2) is 0 Å². The van der Waals surface area contributed by atoms with Crippen molar-refractivity contribution in [2.45, 2.75) is 44.6 Å². The number of ether oxygens (including phenoxy) is 1. The lowest BCUT2D eigenvalue weighted by Gasteiger charge is -2.28. The van der Waals surface area contributed by atoms with E-state index < -0.39 is 0 Å². The van der Waals surface area contributed by atoms with E-state index in [4.69, 9.17) is 4.74 Å². The summed E-state index contributed by atoms with van der Waals surface area (Å²) in [5, 5.41) is 6.58. The molecule has 0 saturated carbocycles. The second-order valence-corrected chi connectivity index (χ2v) is 7.57. The van der Waals surface area contributed by atoms with Crippen LogP contribution in [0.4, 0.5) is 0 Å². The smallest absolute Gasteiger partial charge is 0.220 e. The van der Waals surface area contributed by atoms with Crippen LogP contribution in [0, 0.1) is 5.92 Å². The maximum atomic E-state index is 12.4. The van der Waals surface area contributed by atoms with Crippen LogP contribution < -0.4 is 15.4 Å². The van der Waals surface area contributed by atoms with Gasteiger partial charge in [0.15, 0.2) is 0 Å². The highest BCUT2D eigenvalue weighted by Crippen LogP contribution is 2.26. The molecule has 5 nitrogen and oxygen atoms in total. The van der Waals surface area contributed by atoms with Gasteiger partial charge in [-0.05, 0) is 81.9 Å². The Morgan fingerprint density at radius 2 is 1.82 bits per heavy atom. The van der Waals surface area contributed by atoms with Crippen molar-refractivity contribution in [2.75, 3.05) is 39.8 Å². The lowest BCUT2D eigenvalue weighted by Crippen LogP contribution is -2.37. The van der Waals surface area contributed by atoms with Crippen LogP contribution in [0.15, 0.2) is 24.3 Å². The molecule has 2 heterocycles. The van der Waals surface area contributed by atoms with Crippen molar-refractivity contribution < 1.29 is 9.53 Å². The number of nitrogens with zero attached hydrogens (tertiary/aromatic N) is 1. The van der Waals surface area contributed by atoms with Gasteiger partial charge in [0.25, 0.3) is 0 Å². The quantitative estimate of drug-likeness (QED) is 0.660. The third-order valence-corrected chi connectivity index (χ3v) is 5.81. The molecule has 2 aliphatic rings. The van der Waals surface area contributed by atoms with Crippen LogP contribution in [0.5, 0.6) is 5.75 Å². The minimum Gasteiger partial charge on any atom is -0.497 e. The van der Waals surface area contributed by atoms with Crippen molar-refractivity contribution in [1.82, 2.24) is 15.5 Å². The Balaban J connectivity index is 0.00000196. The lowest BCUT2D eigenvalue weighted by atomic mass is 9.93. The molecule has 1 aromatic rings. The minimum absolute atomic E-state index is 0. The summed E-state index contributed by atoms with van der Waals surface area (Å²) in [4.78, 5) is 14.9. The van der Waals surface area contributed by atoms with Gasteiger partial charge >= 0.3 is 0 Å². The van der Waals surface area contributed by atoms with Gasteiger partial charge < -0.3 is 15.4 Å². The Kier molecular flexibility index (Phi) is 11.8. The van der Waals surface area contributed by atoms with Crippen molar-refractivity contribution >= 4 is 30.7 Å². The number of rotatable bonds is 8. The third-order valence-electron chi connectivity index (χ3n) is 5.81. The number of amides is 1. The first-order chi connectivity index (χ1) is 12.8. The van der Waals surface area contributed by atoms with Gasteiger partial charge in [0.1, 0.15) is 5.75 Å². The standard InChI is InChI=1S/C21H33N3O2.2ClH/c1-26-19-7-5-18(6-8-19)20(24-14-2-3-15-24)16-23-21(25)9-4-17-10-12-22-13-11-17;;/h5-8,17,20,22H,2-4,9-16H2,1H3,(H,23,25);2*1H. The first-order valence-corrected chi connectivity index (χ1v) is 10.1. The van der Waals surface area contributed by atoms with E-state index in [-0.39, 0.29) is 36.8 Å². The van der Waals surface area contributed by atoms with E-state index in [1.54, 1.807) is 7.11 Å². The molecule has 1 amide bonds. The van der Waals surface area contributed by atoms with E-state index in [9.17, 15) is 4.79 Å². The fourth-order valence-electron chi connectivity index (χ4n) is 4.14. The number of benzene rings is 1. The Hall–Kier alpha value is -1.01. The molecule has 0 radical (unpaired) electrons. The van der Waals surface area contributed by atoms with Gasteiger partial charge in [-0.15, -0.1) is 24.8 Å². The Morgan fingerprint density at radius 1 is 1.18 bits per heavy atom. The van der Waals surface area contributed by atoms with Crippen LogP contribution in [-0.4, -0.2) is 50.6 Å². The number of halogens is 2. The summed E-state index contributed by atoms with van der Waals surface area (Å²) in [6, 6.07) is 8.53. The Labute approximate surface area is 181 Å². The van der Waals surface area contributed by atoms with Gasteiger partial charge in [0.2, 0.25) is 5.91 Å². The third kappa shape index (κ3) is 7.43. The highest BCUT2D eigenvalue weighted by Gasteiger charge is 2.24. The van der Waals surface area contributed by atoms with Crippen LogP contribution in [0.2, 0.25) is 0 Å². The Morgan fingerprint density at radius 3 is 2.43 bits per heavy atom. The van der Waals surface area contributed by atoms with Crippen LogP contribution in [-0.2, 0) is 4.79 Å². The maximum absolute atomic E-state index is 12.4. The highest BCUT2D eigenvalue weighted by atomic mass is 35.5. The van der Waals surface area contributed by atoms with E-state index in [0.717, 1.165) is 38.3 Å². The van der Waals surface area contributed by atoms with Crippen LogP contribution in [0.25, 0.3) is 0 Å². The molecule has 0 aromatic heterocycles. The number of nitrogens with one attached hydrogen (secondary N) is 2. The molecule has 3 rings (SSSR count). The molecule has 2 aliphatic heterocycles. The average molecular weight is 432 g/mol. The molecule has 2 saturated heterocycles. The normalized spacial score (nSPS) is 18.6. The largest absolute Gasteiger partial charge is 0.497 e. The zero-order valence-corrected chi connectivity index (χ0v) is 18.5. The molecule has 1 atom stereocenters. The van der Waals surface area contributed by atoms with Crippen LogP contribution >= 0.6 is 24.8 Å². The predicted molar refractivity (Wildman–Crippen MR) is 119 cm³/mol. The van der Waals surface area contributed by atoms with Gasteiger partial charge in [0.05, 0.1) is 13.2 Å². The molecule has 1 aromatic carbocycles. The second kappa shape index (κ2) is 13.3. The molecule has 0 bridgehead atoms. The van der Waals surface area contributed by atoms with Crippen LogP contribution in [0.1, 0.15) is 50.1 Å². The van der Waals surface area contributed by atoms with E-state index in [1.165, 1.54) is 31.2 Å². The summed E-state index contributed by atoms with van der Waals surface area (Å²) >= 11 is 0. The number of carbonyl (C=O) groups excluding carboxylic acids is 1. The average Bonchev–Trinajstić information content (AvgIpc) is 3.22. The van der Waals surface area contributed by atoms with E-state index in [1.807, 2.05) is 12.1 Å². The van der Waals surface area contributed by atoms with Crippen molar-refractivity contribution in [3.8, 4) is 5.75 Å². The van der Waals surface area contributed by atoms with E-state index in [0.29, 0.717) is 18.9 Å². The second-order valence-electron chi connectivity index (χ2n) is 7.57. The van der Waals surface area contributed by atoms with Crippen LogP contribution in [0.3, 0.4) is 0 Å². The molecule has 0 spiro atoms. The highest BCUT2D eigenvalue weighted by molar-refractivity contribution is 5.85. The number of piperidine rings is 1. The SMILES string of the molecule is COc1ccc(C(CNC(=O)CCC2CCNCC2)N2CCCC2)cc1.Cl.Cl. The number of carbonyl (C=O) groups is 1. The van der Waals surface area contributed by atoms with E-state index in [2.05, 4.69) is 27.7 Å². The number of hydrogen-bond acceptors (Lipinski definition) is 4. The molecular weight excluding hydrogens is 397 g/mol. The van der Waals surface area contributed by atoms with Gasteiger partial charge in [-0.1, -0.05) is 12.1 Å². The molecule has 0 aliphatic carbocycles. The predicted octanol–water partition coefficient (Wildman–Crippen LogP) is 3.57. The molecule has 7 heteroatoms. The minimum atomic E-state index is 0. The molecular formula is C21H35Cl2N3O2. The summed E-state index contributed by atoms with van der Waals surface area (Å²) in [7, 11) is 1.69. The monoisotopic (exact) mass is 431 g/mol. The molecule has 160 valence electrons. The number of methoxy groups -OCH3 is 1. The van der Waals surface area contributed by atoms with Crippen molar-refractivity contribution in [1.29, 1.82) is 0 Å². The maximum Gasteiger partial charge on any atom is 0.220 e. The fraction of sp³-hybridized carbons (Fsp3) is 0.667. The summed E-state index contributed by atoms with van der Waals surface area (Å²) < 4.78 is 5.27. The fourth-order valence-corrected chi connectivity index (χ4v) is 4.14. The van der Waals surface area contributed by atoms with Gasteiger partial charge in [0, 0.05) is 13.0 Å². The number of likely N-dealkylation sites (tertiary alicyclic amines) is 1. The van der Waals surface area contributed by atoms with Gasteiger partial charge in [-0.3, -0.25) is 9.69 Å². The molecule has 2 N–H and O–H groups in total. The topological polar surface area (TPSA) is 53.6 Å². The molecule has 28 heavy (non-hydrogen) atoms. The van der Waals surface area contributed by atoms with Crippen molar-refractivity contribution in [3.63, 3.8) is 0 Å². The molecule has 2 fully saturated rings. The molecule has 1 unspecified atom stereocenters. The zero-order valence-electron chi connectivity index (χ0n) is 16.8.